The number of anilines is 1. The lowest BCUT2D eigenvalue weighted by Gasteiger charge is -2.37. The van der Waals surface area contributed by atoms with Gasteiger partial charge in [0.1, 0.15) is 5.82 Å². The molecule has 0 spiro atoms. The van der Waals surface area contributed by atoms with Crippen LogP contribution in [0.15, 0.2) is 54.6 Å². The van der Waals surface area contributed by atoms with Crippen molar-refractivity contribution in [2.75, 3.05) is 31.1 Å². The molecule has 34 heavy (non-hydrogen) atoms. The molecule has 0 radical (unpaired) electrons. The summed E-state index contributed by atoms with van der Waals surface area (Å²) >= 11 is 0. The van der Waals surface area contributed by atoms with Crippen molar-refractivity contribution in [3.05, 3.63) is 77.0 Å². The number of hydrogen-bond donors (Lipinski definition) is 0. The summed E-state index contributed by atoms with van der Waals surface area (Å²) in [7, 11) is 0. The zero-order valence-corrected chi connectivity index (χ0v) is 19.4. The van der Waals surface area contributed by atoms with E-state index in [0.29, 0.717) is 32.0 Å². The largest absolute Gasteiger partial charge is 0.416 e. The van der Waals surface area contributed by atoms with Crippen LogP contribution in [0.3, 0.4) is 0 Å². The van der Waals surface area contributed by atoms with Crippen molar-refractivity contribution in [3.63, 3.8) is 0 Å². The molecule has 2 heterocycles. The van der Waals surface area contributed by atoms with Gasteiger partial charge in [-0.05, 0) is 31.0 Å². The Hall–Kier alpha value is -3.42. The molecule has 0 N–H and O–H groups in total. The minimum absolute atomic E-state index is 0.0513. The maximum atomic E-state index is 13.1. The van der Waals surface area contributed by atoms with Crippen LogP contribution < -0.4 is 4.90 Å². The summed E-state index contributed by atoms with van der Waals surface area (Å²) < 4.78 is 39.2. The van der Waals surface area contributed by atoms with Crippen molar-refractivity contribution in [1.29, 1.82) is 0 Å². The smallest absolute Gasteiger partial charge is 0.353 e. The Bertz CT molecular complexity index is 1170. The number of carbonyl (C=O) groups is 1. The molecule has 2 aromatic carbocycles. The maximum absolute atomic E-state index is 13.1. The maximum Gasteiger partial charge on any atom is 0.416 e. The van der Waals surface area contributed by atoms with Crippen LogP contribution in [-0.4, -0.2) is 47.0 Å². The summed E-state index contributed by atoms with van der Waals surface area (Å²) in [6.07, 6.45) is -4.48. The van der Waals surface area contributed by atoms with Crippen molar-refractivity contribution in [2.24, 2.45) is 0 Å². The molecule has 1 saturated heterocycles. The monoisotopic (exact) mass is 468 g/mol. The number of aryl methyl sites for hydroxylation is 1. The summed E-state index contributed by atoms with van der Waals surface area (Å²) in [5.74, 6) is 1.33. The predicted octanol–water partition coefficient (Wildman–Crippen LogP) is 5.56. The molecule has 3 aromatic rings. The quantitative estimate of drug-likeness (QED) is 0.503. The van der Waals surface area contributed by atoms with E-state index in [9.17, 15) is 18.0 Å². The minimum Gasteiger partial charge on any atom is -0.353 e. The van der Waals surface area contributed by atoms with Crippen LogP contribution in [0.1, 0.15) is 46.9 Å². The highest BCUT2D eigenvalue weighted by atomic mass is 19.4. The molecule has 1 fully saturated rings. The Morgan fingerprint density at radius 3 is 2.24 bits per heavy atom. The highest BCUT2D eigenvalue weighted by molar-refractivity contribution is 5.94. The number of benzene rings is 2. The van der Waals surface area contributed by atoms with Gasteiger partial charge in [0.2, 0.25) is 0 Å². The van der Waals surface area contributed by atoms with E-state index in [2.05, 4.69) is 18.7 Å². The van der Waals surface area contributed by atoms with Gasteiger partial charge in [0.15, 0.2) is 5.82 Å². The topological polar surface area (TPSA) is 49.3 Å². The number of amides is 1. The lowest BCUT2D eigenvalue weighted by atomic mass is 10.0. The number of carbonyl (C=O) groups excluding carboxylic acids is 1. The fourth-order valence-electron chi connectivity index (χ4n) is 4.33. The number of alkyl halides is 3. The zero-order valence-electron chi connectivity index (χ0n) is 19.4. The molecular weight excluding hydrogens is 441 g/mol. The van der Waals surface area contributed by atoms with E-state index in [-0.39, 0.29) is 11.5 Å². The van der Waals surface area contributed by atoms with Crippen molar-refractivity contribution in [1.82, 2.24) is 14.9 Å². The van der Waals surface area contributed by atoms with E-state index in [1.165, 1.54) is 12.1 Å². The molecule has 0 bridgehead atoms. The number of aromatic nitrogens is 2. The van der Waals surface area contributed by atoms with E-state index in [1.54, 1.807) is 4.90 Å². The van der Waals surface area contributed by atoms with Crippen LogP contribution in [0.2, 0.25) is 0 Å². The van der Waals surface area contributed by atoms with Crippen LogP contribution in [0, 0.1) is 6.92 Å². The zero-order chi connectivity index (χ0) is 24.5. The Morgan fingerprint density at radius 1 is 0.941 bits per heavy atom. The molecule has 5 nitrogen and oxygen atoms in total. The van der Waals surface area contributed by atoms with Gasteiger partial charge in [0.05, 0.1) is 5.56 Å². The molecule has 0 saturated carbocycles. The Balaban J connectivity index is 1.56. The van der Waals surface area contributed by atoms with E-state index in [0.717, 1.165) is 34.8 Å². The van der Waals surface area contributed by atoms with E-state index in [4.69, 9.17) is 9.97 Å². The Morgan fingerprint density at radius 2 is 1.62 bits per heavy atom. The SMILES string of the molecule is Cc1nc(-c2ccccc2)nc(N2CCN(C(=O)c3cccc(C(F)(F)F)c3)CC2)c1C(C)C. The fraction of sp³-hybridized carbons (Fsp3) is 0.346. The Labute approximate surface area is 197 Å². The molecule has 0 unspecified atom stereocenters. The highest BCUT2D eigenvalue weighted by Crippen LogP contribution is 2.32. The first-order valence-electron chi connectivity index (χ1n) is 11.3. The molecule has 178 valence electrons. The van der Waals surface area contributed by atoms with Crippen molar-refractivity contribution in [2.45, 2.75) is 32.9 Å². The van der Waals surface area contributed by atoms with Gasteiger partial charge < -0.3 is 9.80 Å². The van der Waals surface area contributed by atoms with Crippen LogP contribution >= 0.6 is 0 Å². The van der Waals surface area contributed by atoms with Gasteiger partial charge >= 0.3 is 6.18 Å². The molecule has 1 amide bonds. The van der Waals surface area contributed by atoms with Gasteiger partial charge in [-0.3, -0.25) is 4.79 Å². The first-order chi connectivity index (χ1) is 16.1. The average Bonchev–Trinajstić information content (AvgIpc) is 2.83. The number of halogens is 3. The average molecular weight is 469 g/mol. The van der Waals surface area contributed by atoms with Gasteiger partial charge in [-0.2, -0.15) is 13.2 Å². The lowest BCUT2D eigenvalue weighted by molar-refractivity contribution is -0.137. The van der Waals surface area contributed by atoms with Crippen molar-refractivity contribution < 1.29 is 18.0 Å². The second-order valence-corrected chi connectivity index (χ2v) is 8.75. The van der Waals surface area contributed by atoms with Gasteiger partial charge in [-0.25, -0.2) is 9.97 Å². The van der Waals surface area contributed by atoms with E-state index in [1.807, 2.05) is 37.3 Å². The first-order valence-corrected chi connectivity index (χ1v) is 11.3. The van der Waals surface area contributed by atoms with Crippen LogP contribution in [0.4, 0.5) is 19.0 Å². The van der Waals surface area contributed by atoms with Gasteiger partial charge in [-0.1, -0.05) is 50.2 Å². The molecular formula is C26H27F3N4O. The van der Waals surface area contributed by atoms with Crippen LogP contribution in [0.5, 0.6) is 0 Å². The first kappa shape index (κ1) is 23.7. The van der Waals surface area contributed by atoms with E-state index < -0.39 is 17.6 Å². The predicted molar refractivity (Wildman–Crippen MR) is 126 cm³/mol. The molecule has 4 rings (SSSR count). The molecule has 8 heteroatoms. The molecule has 0 aliphatic carbocycles. The number of rotatable bonds is 4. The van der Waals surface area contributed by atoms with Crippen molar-refractivity contribution in [3.8, 4) is 11.4 Å². The van der Waals surface area contributed by atoms with E-state index >= 15 is 0 Å². The second-order valence-electron chi connectivity index (χ2n) is 8.75. The van der Waals surface area contributed by atoms with Gasteiger partial charge in [0.25, 0.3) is 5.91 Å². The normalized spacial score (nSPS) is 14.6. The fourth-order valence-corrected chi connectivity index (χ4v) is 4.33. The third kappa shape index (κ3) is 4.90. The number of hydrogen-bond acceptors (Lipinski definition) is 4. The van der Waals surface area contributed by atoms with Crippen LogP contribution in [-0.2, 0) is 6.18 Å². The highest BCUT2D eigenvalue weighted by Gasteiger charge is 2.32. The molecule has 1 aromatic heterocycles. The number of nitrogens with zero attached hydrogens (tertiary/aromatic N) is 4. The molecule has 1 aliphatic rings. The summed E-state index contributed by atoms with van der Waals surface area (Å²) in [6, 6.07) is 14.4. The van der Waals surface area contributed by atoms with Gasteiger partial charge in [-0.15, -0.1) is 0 Å². The van der Waals surface area contributed by atoms with Crippen LogP contribution in [0.25, 0.3) is 11.4 Å². The second kappa shape index (κ2) is 9.44. The van der Waals surface area contributed by atoms with Gasteiger partial charge in [0, 0.05) is 48.6 Å². The number of piperazine rings is 1. The standard InChI is InChI=1S/C26H27F3N4O/c1-17(2)22-18(3)30-23(19-8-5-4-6-9-19)31-24(22)32-12-14-33(15-13-32)25(34)20-10-7-11-21(16-20)26(27,28)29/h4-11,16-17H,12-15H2,1-3H3. The molecule has 0 atom stereocenters. The Kier molecular flexibility index (Phi) is 6.59. The minimum atomic E-state index is -4.48. The third-order valence-corrected chi connectivity index (χ3v) is 6.03. The molecule has 1 aliphatic heterocycles. The summed E-state index contributed by atoms with van der Waals surface area (Å²) in [4.78, 5) is 26.3. The summed E-state index contributed by atoms with van der Waals surface area (Å²) in [5, 5.41) is 0. The summed E-state index contributed by atoms with van der Waals surface area (Å²) in [6.45, 7) is 8.06. The third-order valence-electron chi connectivity index (χ3n) is 6.03. The lowest BCUT2D eigenvalue weighted by Crippen LogP contribution is -2.49. The van der Waals surface area contributed by atoms with Crippen molar-refractivity contribution >= 4 is 11.7 Å². The summed E-state index contributed by atoms with van der Waals surface area (Å²) in [5.41, 5.74) is 2.15.